The van der Waals surface area contributed by atoms with E-state index in [4.69, 9.17) is 5.11 Å². The fourth-order valence-corrected chi connectivity index (χ4v) is 2.38. The molecule has 0 fully saturated rings. The molecule has 1 N–H and O–H groups in total. The molecule has 0 aliphatic carbocycles. The van der Waals surface area contributed by atoms with Crippen LogP contribution in [0.2, 0.25) is 0 Å². The number of rotatable bonds is 4. The maximum absolute atomic E-state index is 10.6. The Kier molecular flexibility index (Phi) is 3.22. The summed E-state index contributed by atoms with van der Waals surface area (Å²) in [5.74, 6) is 1.29. The minimum atomic E-state index is -0.724. The number of hydrogen-bond acceptors (Lipinski definition) is 3. The quantitative estimate of drug-likeness (QED) is 0.841. The van der Waals surface area contributed by atoms with Gasteiger partial charge in [0.05, 0.1) is 0 Å². The Morgan fingerprint density at radius 2 is 2.38 bits per heavy atom. The van der Waals surface area contributed by atoms with Crippen LogP contribution in [0.25, 0.3) is 0 Å². The molecule has 5 heteroatoms. The highest BCUT2D eigenvalue weighted by molar-refractivity contribution is 5.66. The van der Waals surface area contributed by atoms with Gasteiger partial charge in [-0.25, -0.2) is 0 Å². The van der Waals surface area contributed by atoms with Gasteiger partial charge in [-0.1, -0.05) is 6.92 Å². The Hall–Kier alpha value is -1.39. The molecule has 0 radical (unpaired) electrons. The van der Waals surface area contributed by atoms with Crippen molar-refractivity contribution in [1.29, 1.82) is 0 Å². The van der Waals surface area contributed by atoms with Gasteiger partial charge >= 0.3 is 5.97 Å². The zero-order valence-corrected chi connectivity index (χ0v) is 9.52. The molecule has 0 aromatic carbocycles. The van der Waals surface area contributed by atoms with E-state index in [0.29, 0.717) is 6.42 Å². The third-order valence-electron chi connectivity index (χ3n) is 3.15. The minimum Gasteiger partial charge on any atom is -0.481 e. The maximum Gasteiger partial charge on any atom is 0.303 e. The molecule has 0 bridgehead atoms. The van der Waals surface area contributed by atoms with E-state index in [2.05, 4.69) is 21.7 Å². The third-order valence-corrected chi connectivity index (χ3v) is 3.15. The molecule has 88 valence electrons. The number of fused-ring (bicyclic) bond motifs is 1. The first-order valence-corrected chi connectivity index (χ1v) is 5.86. The lowest BCUT2D eigenvalue weighted by molar-refractivity contribution is -0.137. The van der Waals surface area contributed by atoms with Crippen molar-refractivity contribution in [2.75, 3.05) is 0 Å². The van der Waals surface area contributed by atoms with Crippen molar-refractivity contribution in [3.05, 3.63) is 11.6 Å². The molecule has 1 aromatic rings. The number of nitrogens with zero attached hydrogens (tertiary/aromatic N) is 3. The van der Waals surface area contributed by atoms with E-state index in [-0.39, 0.29) is 12.5 Å². The summed E-state index contributed by atoms with van der Waals surface area (Å²) in [7, 11) is 0. The summed E-state index contributed by atoms with van der Waals surface area (Å²) in [6.45, 7) is 2.06. The topological polar surface area (TPSA) is 68.0 Å². The lowest BCUT2D eigenvalue weighted by Gasteiger charge is -2.25. The summed E-state index contributed by atoms with van der Waals surface area (Å²) in [5.41, 5.74) is 0. The van der Waals surface area contributed by atoms with Crippen molar-refractivity contribution in [1.82, 2.24) is 14.8 Å². The first-order valence-electron chi connectivity index (χ1n) is 5.86. The fourth-order valence-electron chi connectivity index (χ4n) is 2.38. The monoisotopic (exact) mass is 223 g/mol. The Morgan fingerprint density at radius 3 is 3.06 bits per heavy atom. The Morgan fingerprint density at radius 1 is 1.56 bits per heavy atom. The van der Waals surface area contributed by atoms with Gasteiger partial charge in [0.2, 0.25) is 0 Å². The number of aryl methyl sites for hydroxylation is 2. The van der Waals surface area contributed by atoms with Crippen LogP contribution in [0.3, 0.4) is 0 Å². The van der Waals surface area contributed by atoms with Gasteiger partial charge in [-0.3, -0.25) is 4.79 Å². The average Bonchev–Trinajstić information content (AvgIpc) is 2.69. The average molecular weight is 223 g/mol. The number of carboxylic acids is 1. The highest BCUT2D eigenvalue weighted by Gasteiger charge is 2.24. The van der Waals surface area contributed by atoms with Crippen LogP contribution in [-0.2, 0) is 17.6 Å². The van der Waals surface area contributed by atoms with E-state index >= 15 is 0 Å². The molecular weight excluding hydrogens is 206 g/mol. The van der Waals surface area contributed by atoms with Crippen molar-refractivity contribution in [3.8, 4) is 0 Å². The van der Waals surface area contributed by atoms with Crippen LogP contribution in [0, 0.1) is 0 Å². The zero-order valence-electron chi connectivity index (χ0n) is 9.52. The van der Waals surface area contributed by atoms with Crippen LogP contribution in [0.15, 0.2) is 0 Å². The van der Waals surface area contributed by atoms with Gasteiger partial charge in [0.25, 0.3) is 0 Å². The fraction of sp³-hybridized carbons (Fsp3) is 0.727. The molecule has 5 nitrogen and oxygen atoms in total. The summed E-state index contributed by atoms with van der Waals surface area (Å²) in [5, 5.41) is 17.1. The predicted molar refractivity (Wildman–Crippen MR) is 58.2 cm³/mol. The summed E-state index contributed by atoms with van der Waals surface area (Å²) in [6, 6.07) is 0.282. The summed E-state index contributed by atoms with van der Waals surface area (Å²) >= 11 is 0. The number of carbonyl (C=O) groups is 1. The Balaban J connectivity index is 2.17. The first kappa shape index (κ1) is 11.1. The Bertz CT molecular complexity index is 373. The molecule has 0 saturated heterocycles. The van der Waals surface area contributed by atoms with Crippen molar-refractivity contribution < 1.29 is 9.90 Å². The van der Waals surface area contributed by atoms with Crippen LogP contribution in [0.4, 0.5) is 0 Å². The second kappa shape index (κ2) is 4.63. The van der Waals surface area contributed by atoms with Gasteiger partial charge in [-0.05, 0) is 19.3 Å². The van der Waals surface area contributed by atoms with E-state index in [1.807, 2.05) is 0 Å². The molecule has 2 rings (SSSR count). The minimum absolute atomic E-state index is 0.228. The lowest BCUT2D eigenvalue weighted by Crippen LogP contribution is -2.20. The van der Waals surface area contributed by atoms with Crippen LogP contribution in [-0.4, -0.2) is 25.8 Å². The SMILES string of the molecule is CCc1nnc2n1C(CCC(=O)O)CCC2. The zero-order chi connectivity index (χ0) is 11.5. The van der Waals surface area contributed by atoms with Crippen molar-refractivity contribution in [2.24, 2.45) is 0 Å². The van der Waals surface area contributed by atoms with Gasteiger partial charge in [0.1, 0.15) is 11.6 Å². The molecule has 0 saturated carbocycles. The molecule has 1 aromatic heterocycles. The van der Waals surface area contributed by atoms with Crippen LogP contribution < -0.4 is 0 Å². The molecule has 0 amide bonds. The Labute approximate surface area is 94.5 Å². The maximum atomic E-state index is 10.6. The van der Waals surface area contributed by atoms with E-state index in [1.165, 1.54) is 0 Å². The highest BCUT2D eigenvalue weighted by atomic mass is 16.4. The molecule has 1 atom stereocenters. The normalized spacial score (nSPS) is 19.4. The number of hydrogen-bond donors (Lipinski definition) is 1. The number of aromatic nitrogens is 3. The van der Waals surface area contributed by atoms with E-state index < -0.39 is 5.97 Å². The number of aliphatic carboxylic acids is 1. The number of carboxylic acid groups (broad SMARTS) is 1. The van der Waals surface area contributed by atoms with Crippen LogP contribution >= 0.6 is 0 Å². The van der Waals surface area contributed by atoms with E-state index in [0.717, 1.165) is 37.3 Å². The summed E-state index contributed by atoms with van der Waals surface area (Å²) < 4.78 is 2.16. The molecule has 1 unspecified atom stereocenters. The van der Waals surface area contributed by atoms with Crippen molar-refractivity contribution in [3.63, 3.8) is 0 Å². The largest absolute Gasteiger partial charge is 0.481 e. The predicted octanol–water partition coefficient (Wildman–Crippen LogP) is 1.58. The highest BCUT2D eigenvalue weighted by Crippen LogP contribution is 2.28. The third kappa shape index (κ3) is 2.08. The van der Waals surface area contributed by atoms with Gasteiger partial charge < -0.3 is 9.67 Å². The second-order valence-electron chi connectivity index (χ2n) is 4.23. The summed E-state index contributed by atoms with van der Waals surface area (Å²) in [6.07, 6.45) is 4.88. The standard InChI is InChI=1S/C11H17N3O2/c1-2-9-12-13-10-5-3-4-8(14(9)10)6-7-11(15)16/h8H,2-7H2,1H3,(H,15,16). The lowest BCUT2D eigenvalue weighted by atomic mass is 10.00. The van der Waals surface area contributed by atoms with Crippen molar-refractivity contribution in [2.45, 2.75) is 51.5 Å². The van der Waals surface area contributed by atoms with Crippen LogP contribution in [0.5, 0.6) is 0 Å². The molecule has 2 heterocycles. The molecule has 1 aliphatic heterocycles. The first-order chi connectivity index (χ1) is 7.72. The molecule has 0 spiro atoms. The van der Waals surface area contributed by atoms with Gasteiger partial charge in [0, 0.05) is 25.3 Å². The smallest absolute Gasteiger partial charge is 0.303 e. The van der Waals surface area contributed by atoms with Crippen LogP contribution in [0.1, 0.15) is 50.3 Å². The molecule has 16 heavy (non-hydrogen) atoms. The molecular formula is C11H17N3O2. The van der Waals surface area contributed by atoms with Gasteiger partial charge in [-0.2, -0.15) is 0 Å². The second-order valence-corrected chi connectivity index (χ2v) is 4.23. The van der Waals surface area contributed by atoms with Crippen molar-refractivity contribution >= 4 is 5.97 Å². The van der Waals surface area contributed by atoms with Gasteiger partial charge in [-0.15, -0.1) is 10.2 Å². The van der Waals surface area contributed by atoms with Gasteiger partial charge in [0.15, 0.2) is 0 Å². The summed E-state index contributed by atoms with van der Waals surface area (Å²) in [4.78, 5) is 10.6. The molecule has 1 aliphatic rings. The van der Waals surface area contributed by atoms with E-state index in [9.17, 15) is 4.79 Å². The van der Waals surface area contributed by atoms with E-state index in [1.54, 1.807) is 0 Å².